The summed E-state index contributed by atoms with van der Waals surface area (Å²) in [4.78, 5) is 15.6. The molecule has 0 saturated heterocycles. The van der Waals surface area contributed by atoms with E-state index in [4.69, 9.17) is 14.4 Å². The average molecular weight is 1050 g/mol. The first kappa shape index (κ1) is 51.1. The number of para-hydroxylation sites is 1. The number of pyridine rings is 2. The van der Waals surface area contributed by atoms with Crippen molar-refractivity contribution in [3.05, 3.63) is 287 Å². The first-order valence-electron chi connectivity index (χ1n) is 28.3. The summed E-state index contributed by atoms with van der Waals surface area (Å²) in [5.74, 6) is 1.68. The Hall–Kier alpha value is -9.32. The van der Waals surface area contributed by atoms with Gasteiger partial charge in [0, 0.05) is 51.5 Å². The molecule has 0 fully saturated rings. The van der Waals surface area contributed by atoms with E-state index in [1.807, 2.05) is 12.4 Å². The van der Waals surface area contributed by atoms with Gasteiger partial charge in [0.05, 0.1) is 16.5 Å². The predicted molar refractivity (Wildman–Crippen MR) is 338 cm³/mol. The number of fused-ring (bicyclic) bond motifs is 7. The molecule has 5 heteroatoms. The van der Waals surface area contributed by atoms with Gasteiger partial charge in [-0.2, -0.15) is 0 Å². The zero-order valence-electron chi connectivity index (χ0n) is 47.7. The van der Waals surface area contributed by atoms with E-state index < -0.39 is 5.41 Å². The first-order chi connectivity index (χ1) is 39.2. The Labute approximate surface area is 476 Å². The Morgan fingerprint density at radius 1 is 0.407 bits per heavy atom. The Morgan fingerprint density at radius 3 is 1.44 bits per heavy atom. The molecule has 396 valence electrons. The van der Waals surface area contributed by atoms with Crippen molar-refractivity contribution < 1.29 is 4.42 Å². The number of anilines is 6. The van der Waals surface area contributed by atoms with Crippen molar-refractivity contribution >= 4 is 56.3 Å². The molecule has 5 nitrogen and oxygen atoms in total. The predicted octanol–water partition coefficient (Wildman–Crippen LogP) is 20.5. The van der Waals surface area contributed by atoms with Gasteiger partial charge in [-0.15, -0.1) is 0 Å². The SMILES string of the molecule is Cc1ccc(-c2cc(C)cnc2N(c2ccc(C(C)(C)C)cc2)c2ccc3c(c2)C(c2ccccc2)(c2ccccc2)c2cc(N(c4ccc(C(C)(C)C)cc4)c4ncc(C)cc4-c4ccccc4)c4c(oc5ccccc54)c2-3)cc1. The molecule has 0 spiro atoms. The van der Waals surface area contributed by atoms with Crippen molar-refractivity contribution in [2.75, 3.05) is 9.80 Å². The second-order valence-electron chi connectivity index (χ2n) is 24.1. The smallest absolute Gasteiger partial charge is 0.145 e. The van der Waals surface area contributed by atoms with Gasteiger partial charge < -0.3 is 4.42 Å². The van der Waals surface area contributed by atoms with Gasteiger partial charge in [-0.1, -0.05) is 211 Å². The summed E-state index contributed by atoms with van der Waals surface area (Å²) in [6.45, 7) is 20.0. The lowest BCUT2D eigenvalue weighted by atomic mass is 9.67. The van der Waals surface area contributed by atoms with E-state index in [-0.39, 0.29) is 10.8 Å². The molecule has 0 amide bonds. The van der Waals surface area contributed by atoms with Gasteiger partial charge >= 0.3 is 0 Å². The number of rotatable bonds is 10. The molecule has 1 aliphatic rings. The number of benzene rings is 9. The Bertz CT molecular complexity index is 4260. The normalized spacial score (nSPS) is 12.9. The Kier molecular flexibility index (Phi) is 12.5. The van der Waals surface area contributed by atoms with Crippen molar-refractivity contribution in [1.29, 1.82) is 0 Å². The van der Waals surface area contributed by atoms with E-state index in [1.54, 1.807) is 0 Å². The minimum absolute atomic E-state index is 0.0340. The van der Waals surface area contributed by atoms with Crippen molar-refractivity contribution in [2.24, 2.45) is 0 Å². The highest BCUT2D eigenvalue weighted by molar-refractivity contribution is 6.19. The third-order valence-electron chi connectivity index (χ3n) is 16.5. The molecule has 0 bridgehead atoms. The second kappa shape index (κ2) is 19.8. The summed E-state index contributed by atoms with van der Waals surface area (Å²) in [6.07, 6.45) is 4.00. The molecule has 81 heavy (non-hydrogen) atoms. The van der Waals surface area contributed by atoms with Crippen LogP contribution in [-0.2, 0) is 16.2 Å². The summed E-state index contributed by atoms with van der Waals surface area (Å²) >= 11 is 0. The van der Waals surface area contributed by atoms with Gasteiger partial charge in [-0.25, -0.2) is 9.97 Å². The molecule has 0 atom stereocenters. The molecule has 1 aliphatic carbocycles. The van der Waals surface area contributed by atoms with E-state index in [9.17, 15) is 0 Å². The lowest BCUT2D eigenvalue weighted by Gasteiger charge is -2.36. The van der Waals surface area contributed by atoms with Gasteiger partial charge in [-0.05, 0) is 153 Å². The van der Waals surface area contributed by atoms with Crippen molar-refractivity contribution in [2.45, 2.75) is 78.6 Å². The van der Waals surface area contributed by atoms with Crippen LogP contribution in [0, 0.1) is 20.8 Å². The van der Waals surface area contributed by atoms with Crippen LogP contribution in [-0.4, -0.2) is 9.97 Å². The van der Waals surface area contributed by atoms with Gasteiger partial charge in [0.25, 0.3) is 0 Å². The van der Waals surface area contributed by atoms with Gasteiger partial charge in [0.15, 0.2) is 0 Å². The molecule has 3 heterocycles. The molecular formula is C76H66N4O. The molecular weight excluding hydrogens is 985 g/mol. The fourth-order valence-corrected chi connectivity index (χ4v) is 12.4. The maximum atomic E-state index is 7.45. The van der Waals surface area contributed by atoms with Crippen LogP contribution in [0.3, 0.4) is 0 Å². The number of nitrogens with zero attached hydrogens (tertiary/aromatic N) is 4. The molecule has 0 N–H and O–H groups in total. The van der Waals surface area contributed by atoms with Crippen LogP contribution in [0.1, 0.15) is 91.6 Å². The topological polar surface area (TPSA) is 45.4 Å². The molecule has 0 unspecified atom stereocenters. The van der Waals surface area contributed by atoms with E-state index in [1.165, 1.54) is 16.7 Å². The maximum absolute atomic E-state index is 7.45. The number of aromatic nitrogens is 2. The van der Waals surface area contributed by atoms with E-state index in [0.717, 1.165) is 123 Å². The van der Waals surface area contributed by atoms with Crippen molar-refractivity contribution in [3.8, 4) is 33.4 Å². The molecule has 3 aromatic heterocycles. The fraction of sp³-hybridized carbons (Fsp3) is 0.158. The lowest BCUT2D eigenvalue weighted by molar-refractivity contribution is 0.590. The monoisotopic (exact) mass is 1050 g/mol. The highest BCUT2D eigenvalue weighted by Gasteiger charge is 2.49. The molecule has 9 aromatic carbocycles. The van der Waals surface area contributed by atoms with Gasteiger partial charge in [0.2, 0.25) is 0 Å². The Morgan fingerprint density at radius 2 is 0.889 bits per heavy atom. The zero-order chi connectivity index (χ0) is 55.8. The standard InChI is InChI=1S/C76H66N4O/c1-49-29-31-53(32-30-49)64-44-51(3)47-77-72(64)79(58-37-33-54(34-38-58)74(4,5)6)60-41-42-61-65(45-60)76(56-23-15-11-16-24-56,57-25-17-12-18-26-57)66-46-67(70-62-27-19-20-28-68(62)81-71(70)69(61)66)80(59-39-35-55(36-40-59)75(7,8)9)73-63(43-50(2)48-78-73)52-21-13-10-14-22-52/h10-48H,1-9H3. The summed E-state index contributed by atoms with van der Waals surface area (Å²) in [7, 11) is 0. The summed E-state index contributed by atoms with van der Waals surface area (Å²) in [5.41, 5.74) is 21.6. The number of hydrogen-bond acceptors (Lipinski definition) is 5. The quantitative estimate of drug-likeness (QED) is 0.137. The second-order valence-corrected chi connectivity index (χ2v) is 24.1. The lowest BCUT2D eigenvalue weighted by Crippen LogP contribution is -2.29. The van der Waals surface area contributed by atoms with E-state index >= 15 is 0 Å². The van der Waals surface area contributed by atoms with Crippen LogP contribution < -0.4 is 9.80 Å². The number of hydrogen-bond donors (Lipinski definition) is 0. The van der Waals surface area contributed by atoms with Crippen LogP contribution in [0.2, 0.25) is 0 Å². The molecule has 13 rings (SSSR count). The molecule has 12 aromatic rings. The van der Waals surface area contributed by atoms with Crippen LogP contribution in [0.5, 0.6) is 0 Å². The minimum atomic E-state index is -0.863. The first-order valence-corrected chi connectivity index (χ1v) is 28.3. The fourth-order valence-electron chi connectivity index (χ4n) is 12.4. The van der Waals surface area contributed by atoms with E-state index in [0.29, 0.717) is 0 Å². The average Bonchev–Trinajstić information content (AvgIpc) is 2.10. The molecule has 0 radical (unpaired) electrons. The highest BCUT2D eigenvalue weighted by Crippen LogP contribution is 2.62. The van der Waals surface area contributed by atoms with Crippen LogP contribution in [0.4, 0.5) is 34.4 Å². The van der Waals surface area contributed by atoms with Crippen molar-refractivity contribution in [1.82, 2.24) is 9.97 Å². The van der Waals surface area contributed by atoms with E-state index in [2.05, 4.69) is 297 Å². The van der Waals surface area contributed by atoms with Gasteiger partial charge in [0.1, 0.15) is 22.8 Å². The van der Waals surface area contributed by atoms with Crippen molar-refractivity contribution in [3.63, 3.8) is 0 Å². The summed E-state index contributed by atoms with van der Waals surface area (Å²) in [6, 6.07) is 82.5. The zero-order valence-corrected chi connectivity index (χ0v) is 47.7. The summed E-state index contributed by atoms with van der Waals surface area (Å²) < 4.78 is 7.45. The van der Waals surface area contributed by atoms with Gasteiger partial charge in [-0.3, -0.25) is 9.80 Å². The highest BCUT2D eigenvalue weighted by atomic mass is 16.3. The maximum Gasteiger partial charge on any atom is 0.145 e. The summed E-state index contributed by atoms with van der Waals surface area (Å²) in [5, 5.41) is 2.05. The molecule has 0 aliphatic heterocycles. The number of aryl methyl sites for hydroxylation is 3. The third-order valence-corrected chi connectivity index (χ3v) is 16.5. The molecule has 0 saturated carbocycles. The number of furan rings is 1. The Balaban J connectivity index is 1.16. The van der Waals surface area contributed by atoms with Crippen LogP contribution in [0.25, 0.3) is 55.3 Å². The third kappa shape index (κ3) is 8.80. The van der Waals surface area contributed by atoms with Crippen LogP contribution in [0.15, 0.2) is 241 Å². The van der Waals surface area contributed by atoms with Crippen LogP contribution >= 0.6 is 0 Å². The minimum Gasteiger partial charge on any atom is -0.455 e. The largest absolute Gasteiger partial charge is 0.455 e.